The summed E-state index contributed by atoms with van der Waals surface area (Å²) in [5, 5.41) is 2.53. The Labute approximate surface area is 137 Å². The van der Waals surface area contributed by atoms with Crippen molar-refractivity contribution in [3.63, 3.8) is 0 Å². The number of nitrogens with one attached hydrogen (secondary N) is 1. The quantitative estimate of drug-likeness (QED) is 0.844. The molecule has 1 aromatic rings. The maximum atomic E-state index is 12.9. The first-order valence-electron chi connectivity index (χ1n) is 7.93. The van der Waals surface area contributed by atoms with Crippen molar-refractivity contribution in [3.8, 4) is 0 Å². The highest BCUT2D eigenvalue weighted by Gasteiger charge is 2.40. The van der Waals surface area contributed by atoms with Crippen LogP contribution >= 0.6 is 0 Å². The van der Waals surface area contributed by atoms with Gasteiger partial charge in [0.25, 0.3) is 5.91 Å². The van der Waals surface area contributed by atoms with E-state index in [2.05, 4.69) is 10.2 Å². The van der Waals surface area contributed by atoms with Gasteiger partial charge in [-0.3, -0.25) is 4.79 Å². The van der Waals surface area contributed by atoms with Crippen LogP contribution < -0.4 is 5.32 Å². The van der Waals surface area contributed by atoms with E-state index >= 15 is 0 Å². The summed E-state index contributed by atoms with van der Waals surface area (Å²) in [7, 11) is 1.27. The third-order valence-electron chi connectivity index (χ3n) is 5.21. The Hall–Kier alpha value is -1.38. The zero-order valence-electron chi connectivity index (χ0n) is 13.8. The normalized spacial score (nSPS) is 27.4. The van der Waals surface area contributed by atoms with Crippen molar-refractivity contribution in [2.45, 2.75) is 23.8 Å². The van der Waals surface area contributed by atoms with E-state index < -0.39 is 10.0 Å². The predicted octanol–water partition coefficient (Wildman–Crippen LogP) is 0.0994. The minimum atomic E-state index is -3.60. The van der Waals surface area contributed by atoms with Gasteiger partial charge in [0.1, 0.15) is 10.6 Å². The molecule has 7 nitrogen and oxygen atoms in total. The topological polar surface area (TPSA) is 74.7 Å². The summed E-state index contributed by atoms with van der Waals surface area (Å²) in [5.41, 5.74) is 0.341. The van der Waals surface area contributed by atoms with Gasteiger partial charge in [0.05, 0.1) is 0 Å². The van der Waals surface area contributed by atoms with Gasteiger partial charge in [-0.15, -0.1) is 0 Å². The van der Waals surface area contributed by atoms with Crippen LogP contribution in [0.2, 0.25) is 0 Å². The van der Waals surface area contributed by atoms with Crippen LogP contribution in [0.25, 0.3) is 0 Å². The molecule has 0 unspecified atom stereocenters. The van der Waals surface area contributed by atoms with Crippen LogP contribution in [-0.2, 0) is 17.1 Å². The maximum absolute atomic E-state index is 12.9. The number of hydrogen-bond acceptors (Lipinski definition) is 4. The van der Waals surface area contributed by atoms with E-state index in [9.17, 15) is 13.2 Å². The Kier molecular flexibility index (Phi) is 4.24. The highest BCUT2D eigenvalue weighted by molar-refractivity contribution is 7.89. The zero-order valence-corrected chi connectivity index (χ0v) is 14.6. The van der Waals surface area contributed by atoms with Gasteiger partial charge in [-0.2, -0.15) is 4.31 Å². The lowest BCUT2D eigenvalue weighted by Gasteiger charge is -2.47. The Balaban J connectivity index is 1.88. The van der Waals surface area contributed by atoms with Crippen molar-refractivity contribution in [3.05, 3.63) is 18.0 Å². The summed E-state index contributed by atoms with van der Waals surface area (Å²) in [4.78, 5) is 14.3. The number of carbonyl (C=O) groups excluding carboxylic acids is 1. The van der Waals surface area contributed by atoms with Gasteiger partial charge in [0, 0.05) is 39.9 Å². The summed E-state index contributed by atoms with van der Waals surface area (Å²) in [6.07, 6.45) is 3.63. The Morgan fingerprint density at radius 3 is 2.52 bits per heavy atom. The molecule has 128 valence electrons. The van der Waals surface area contributed by atoms with Gasteiger partial charge >= 0.3 is 0 Å². The number of carbonyl (C=O) groups is 1. The first kappa shape index (κ1) is 16.5. The summed E-state index contributed by atoms with van der Waals surface area (Å²) < 4.78 is 29.0. The van der Waals surface area contributed by atoms with Crippen LogP contribution in [0.5, 0.6) is 0 Å². The minimum absolute atomic E-state index is 0.0196. The molecule has 1 atom stereocenters. The summed E-state index contributed by atoms with van der Waals surface area (Å²) in [5.74, 6) is 0.140. The lowest BCUT2D eigenvalue weighted by Crippen LogP contribution is -2.57. The van der Waals surface area contributed by atoms with Crippen molar-refractivity contribution >= 4 is 15.9 Å². The molecule has 0 aliphatic carbocycles. The van der Waals surface area contributed by atoms with E-state index in [1.807, 2.05) is 0 Å². The van der Waals surface area contributed by atoms with Gasteiger partial charge in [-0.25, -0.2) is 8.42 Å². The fourth-order valence-electron chi connectivity index (χ4n) is 3.72. The number of fused-ring (bicyclic) bond motifs is 3. The molecule has 23 heavy (non-hydrogen) atoms. The number of aromatic nitrogens is 1. The SMILES string of the molecule is CNC(=O)c1cc(S(=O)(=O)N(C)[C@H]2CN3CCC2CC3)cn1C. The number of nitrogens with zero attached hydrogens (tertiary/aromatic N) is 3. The number of hydrogen-bond donors (Lipinski definition) is 1. The first-order valence-corrected chi connectivity index (χ1v) is 9.37. The molecule has 0 radical (unpaired) electrons. The second kappa shape index (κ2) is 5.92. The van der Waals surface area contributed by atoms with Crippen LogP contribution in [0, 0.1) is 5.92 Å². The molecule has 1 amide bonds. The highest BCUT2D eigenvalue weighted by Crippen LogP contribution is 2.33. The van der Waals surface area contributed by atoms with E-state index in [0.29, 0.717) is 11.6 Å². The average molecular weight is 340 g/mol. The molecule has 3 aliphatic rings. The van der Waals surface area contributed by atoms with E-state index in [1.165, 1.54) is 23.6 Å². The molecular weight excluding hydrogens is 316 g/mol. The minimum Gasteiger partial charge on any atom is -0.354 e. The monoisotopic (exact) mass is 340 g/mol. The van der Waals surface area contributed by atoms with Crippen LogP contribution in [0.4, 0.5) is 0 Å². The molecule has 3 saturated heterocycles. The van der Waals surface area contributed by atoms with Crippen molar-refractivity contribution in [1.82, 2.24) is 19.1 Å². The number of aryl methyl sites for hydroxylation is 1. The average Bonchev–Trinajstić information content (AvgIpc) is 2.97. The van der Waals surface area contributed by atoms with Crippen molar-refractivity contribution in [2.75, 3.05) is 33.7 Å². The molecule has 0 saturated carbocycles. The summed E-state index contributed by atoms with van der Waals surface area (Å²) in [6, 6.07) is 1.47. The fraction of sp³-hybridized carbons (Fsp3) is 0.667. The number of likely N-dealkylation sites (N-methyl/N-ethyl adjacent to an activating group) is 1. The third kappa shape index (κ3) is 2.79. The number of piperidine rings is 3. The molecular formula is C15H24N4O3S. The van der Waals surface area contributed by atoms with Crippen molar-refractivity contribution in [1.29, 1.82) is 0 Å². The summed E-state index contributed by atoms with van der Waals surface area (Å²) >= 11 is 0. The molecule has 3 fully saturated rings. The summed E-state index contributed by atoms with van der Waals surface area (Å²) in [6.45, 7) is 2.94. The third-order valence-corrected chi connectivity index (χ3v) is 7.05. The maximum Gasteiger partial charge on any atom is 0.267 e. The first-order chi connectivity index (χ1) is 10.8. The number of amides is 1. The van der Waals surface area contributed by atoms with Gasteiger partial charge < -0.3 is 14.8 Å². The Morgan fingerprint density at radius 1 is 1.35 bits per heavy atom. The highest BCUT2D eigenvalue weighted by atomic mass is 32.2. The number of rotatable bonds is 4. The second-order valence-electron chi connectivity index (χ2n) is 6.48. The Morgan fingerprint density at radius 2 is 2.00 bits per heavy atom. The lowest BCUT2D eigenvalue weighted by atomic mass is 9.84. The van der Waals surface area contributed by atoms with E-state index in [1.54, 1.807) is 18.7 Å². The number of sulfonamides is 1. The largest absolute Gasteiger partial charge is 0.354 e. The fourth-order valence-corrected chi connectivity index (χ4v) is 5.20. The van der Waals surface area contributed by atoms with Gasteiger partial charge in [-0.1, -0.05) is 0 Å². The van der Waals surface area contributed by atoms with Crippen LogP contribution in [0.3, 0.4) is 0 Å². The van der Waals surface area contributed by atoms with Crippen molar-refractivity contribution in [2.24, 2.45) is 13.0 Å². The standard InChI is InChI=1S/C15H24N4O3S/c1-16-15(20)13-8-12(9-17(13)2)23(21,22)18(3)14-10-19-6-4-11(14)5-7-19/h8-9,11,14H,4-7,10H2,1-3H3,(H,16,20)/t14-/m0/s1. The van der Waals surface area contributed by atoms with Crippen LogP contribution in [0.1, 0.15) is 23.3 Å². The molecule has 0 spiro atoms. The smallest absolute Gasteiger partial charge is 0.267 e. The molecule has 1 aromatic heterocycles. The van der Waals surface area contributed by atoms with Crippen LogP contribution in [-0.4, -0.2) is 67.9 Å². The van der Waals surface area contributed by atoms with Gasteiger partial charge in [0.2, 0.25) is 10.0 Å². The molecule has 8 heteroatoms. The van der Waals surface area contributed by atoms with E-state index in [4.69, 9.17) is 0 Å². The molecule has 0 aromatic carbocycles. The zero-order chi connectivity index (χ0) is 16.8. The lowest BCUT2D eigenvalue weighted by molar-refractivity contribution is 0.0465. The van der Waals surface area contributed by atoms with E-state index in [-0.39, 0.29) is 16.8 Å². The molecule has 3 aliphatic heterocycles. The van der Waals surface area contributed by atoms with Crippen molar-refractivity contribution < 1.29 is 13.2 Å². The molecule has 4 rings (SSSR count). The molecule has 1 N–H and O–H groups in total. The second-order valence-corrected chi connectivity index (χ2v) is 8.48. The Bertz CT molecular complexity index is 704. The van der Waals surface area contributed by atoms with Gasteiger partial charge in [-0.05, 0) is 37.9 Å². The predicted molar refractivity (Wildman–Crippen MR) is 86.7 cm³/mol. The van der Waals surface area contributed by atoms with E-state index in [0.717, 1.165) is 32.5 Å². The molecule has 2 bridgehead atoms. The van der Waals surface area contributed by atoms with Crippen LogP contribution in [0.15, 0.2) is 17.2 Å². The van der Waals surface area contributed by atoms with Gasteiger partial charge in [0.15, 0.2) is 0 Å². The molecule has 4 heterocycles.